The lowest BCUT2D eigenvalue weighted by Gasteiger charge is -2.24. The molecule has 0 radical (unpaired) electrons. The van der Waals surface area contributed by atoms with Gasteiger partial charge in [-0.25, -0.2) is 19.3 Å². The normalized spacial score (nSPS) is 14.8. The highest BCUT2D eigenvalue weighted by atomic mass is 32.1. The molecule has 1 unspecified atom stereocenters. The molecule has 1 aliphatic heterocycles. The summed E-state index contributed by atoms with van der Waals surface area (Å²) in [5, 5.41) is 6.84. The van der Waals surface area contributed by atoms with Gasteiger partial charge in [0.1, 0.15) is 5.69 Å². The molecule has 5 aromatic rings. The summed E-state index contributed by atoms with van der Waals surface area (Å²) in [6.45, 7) is 3.63. The van der Waals surface area contributed by atoms with Gasteiger partial charge in [-0.15, -0.1) is 11.3 Å². The second-order valence-corrected chi connectivity index (χ2v) is 11.6. The van der Waals surface area contributed by atoms with Crippen LogP contribution in [0.1, 0.15) is 41.4 Å². The number of benzene rings is 2. The van der Waals surface area contributed by atoms with Crippen molar-refractivity contribution < 1.29 is 19.1 Å². The number of aromatic nitrogens is 3. The number of rotatable bonds is 7. The lowest BCUT2D eigenvalue weighted by Crippen LogP contribution is -2.40. The van der Waals surface area contributed by atoms with Gasteiger partial charge in [0.25, 0.3) is 5.56 Å². The standard InChI is InChI=1S/C32H26N4O5S2/c1-4-41-31(39)26-19(2)33-32-36(28(26)20-12-14-21(15-13-20)30(38)40-3)29(37)25(43-32)17-22-18-35(23-9-6-5-7-10-23)34-27(22)24-11-8-16-42-24/h5-18,28H,4H2,1-3H3. The Hall–Kier alpha value is -4.87. The first-order valence-electron chi connectivity index (χ1n) is 13.5. The molecule has 4 heterocycles. The minimum Gasteiger partial charge on any atom is -0.465 e. The van der Waals surface area contributed by atoms with E-state index in [2.05, 4.69) is 4.99 Å². The first kappa shape index (κ1) is 28.3. The fourth-order valence-electron chi connectivity index (χ4n) is 4.98. The highest BCUT2D eigenvalue weighted by Crippen LogP contribution is 2.31. The van der Waals surface area contributed by atoms with Gasteiger partial charge in [0.15, 0.2) is 4.80 Å². The lowest BCUT2D eigenvalue weighted by molar-refractivity contribution is -0.139. The van der Waals surface area contributed by atoms with Crippen molar-refractivity contribution in [3.8, 4) is 16.3 Å². The minimum atomic E-state index is -0.798. The molecule has 0 fully saturated rings. The van der Waals surface area contributed by atoms with E-state index in [1.165, 1.54) is 23.0 Å². The molecule has 9 nitrogen and oxygen atoms in total. The molecule has 43 heavy (non-hydrogen) atoms. The van der Waals surface area contributed by atoms with Gasteiger partial charge < -0.3 is 9.47 Å². The van der Waals surface area contributed by atoms with Gasteiger partial charge in [-0.3, -0.25) is 9.36 Å². The van der Waals surface area contributed by atoms with E-state index in [9.17, 15) is 14.4 Å². The molecular formula is C32H26N4O5S2. The van der Waals surface area contributed by atoms with Crippen molar-refractivity contribution in [3.63, 3.8) is 0 Å². The molecule has 6 rings (SSSR count). The summed E-state index contributed by atoms with van der Waals surface area (Å²) < 4.78 is 14.0. The van der Waals surface area contributed by atoms with E-state index in [4.69, 9.17) is 14.6 Å². The van der Waals surface area contributed by atoms with E-state index >= 15 is 0 Å². The summed E-state index contributed by atoms with van der Waals surface area (Å²) >= 11 is 2.81. The Morgan fingerprint density at radius 3 is 2.47 bits per heavy atom. The Morgan fingerprint density at radius 1 is 1.02 bits per heavy atom. The zero-order valence-corrected chi connectivity index (χ0v) is 25.1. The Morgan fingerprint density at radius 2 is 1.79 bits per heavy atom. The highest BCUT2D eigenvalue weighted by molar-refractivity contribution is 7.13. The largest absolute Gasteiger partial charge is 0.465 e. The molecule has 216 valence electrons. The molecule has 0 bridgehead atoms. The number of nitrogens with zero attached hydrogens (tertiary/aromatic N) is 4. The van der Waals surface area contributed by atoms with Gasteiger partial charge in [-0.2, -0.15) is 5.10 Å². The molecule has 0 spiro atoms. The van der Waals surface area contributed by atoms with E-state index in [1.54, 1.807) is 54.1 Å². The molecule has 0 amide bonds. The third-order valence-corrected chi connectivity index (χ3v) is 8.83. The molecule has 0 N–H and O–H groups in total. The van der Waals surface area contributed by atoms with Crippen molar-refractivity contribution in [2.45, 2.75) is 19.9 Å². The summed E-state index contributed by atoms with van der Waals surface area (Å²) in [7, 11) is 1.31. The van der Waals surface area contributed by atoms with E-state index in [0.29, 0.717) is 26.2 Å². The van der Waals surface area contributed by atoms with Crippen LogP contribution in [0.3, 0.4) is 0 Å². The van der Waals surface area contributed by atoms with Crippen LogP contribution in [0, 0.1) is 0 Å². The third-order valence-electron chi connectivity index (χ3n) is 6.97. The molecule has 3 aromatic heterocycles. The highest BCUT2D eigenvalue weighted by Gasteiger charge is 2.33. The monoisotopic (exact) mass is 610 g/mol. The number of hydrogen-bond donors (Lipinski definition) is 0. The van der Waals surface area contributed by atoms with Crippen molar-refractivity contribution in [3.05, 3.63) is 126 Å². The Balaban J connectivity index is 1.53. The average Bonchev–Trinajstić information content (AvgIpc) is 3.77. The zero-order valence-electron chi connectivity index (χ0n) is 23.5. The molecule has 1 atom stereocenters. The topological polar surface area (TPSA) is 105 Å². The predicted molar refractivity (Wildman–Crippen MR) is 165 cm³/mol. The molecule has 0 saturated carbocycles. The SMILES string of the molecule is CCOC(=O)C1=C(C)N=c2sc(=Cc3cn(-c4ccccc4)nc3-c3cccs3)c(=O)n2C1c1ccc(C(=O)OC)cc1. The Kier molecular flexibility index (Phi) is 7.75. The van der Waals surface area contributed by atoms with E-state index in [0.717, 1.165) is 21.8 Å². The smallest absolute Gasteiger partial charge is 0.338 e. The van der Waals surface area contributed by atoms with Crippen molar-refractivity contribution >= 4 is 40.7 Å². The van der Waals surface area contributed by atoms with Gasteiger partial charge in [-0.05, 0) is 61.2 Å². The fourth-order valence-corrected chi connectivity index (χ4v) is 6.75. The minimum absolute atomic E-state index is 0.172. The van der Waals surface area contributed by atoms with Crippen molar-refractivity contribution in [2.75, 3.05) is 13.7 Å². The summed E-state index contributed by atoms with van der Waals surface area (Å²) in [4.78, 5) is 45.5. The first-order chi connectivity index (χ1) is 20.9. The maximum Gasteiger partial charge on any atom is 0.338 e. The molecule has 0 aliphatic carbocycles. The number of ether oxygens (including phenoxy) is 2. The van der Waals surface area contributed by atoms with Gasteiger partial charge >= 0.3 is 11.9 Å². The second kappa shape index (κ2) is 11.8. The van der Waals surface area contributed by atoms with Crippen LogP contribution in [0.5, 0.6) is 0 Å². The first-order valence-corrected chi connectivity index (χ1v) is 15.2. The number of hydrogen-bond acceptors (Lipinski definition) is 9. The van der Waals surface area contributed by atoms with Crippen molar-refractivity contribution in [2.24, 2.45) is 4.99 Å². The van der Waals surface area contributed by atoms with Crippen LogP contribution in [-0.4, -0.2) is 40.0 Å². The number of esters is 2. The maximum absolute atomic E-state index is 14.1. The molecule has 0 saturated heterocycles. The number of fused-ring (bicyclic) bond motifs is 1. The van der Waals surface area contributed by atoms with Gasteiger partial charge in [0.2, 0.25) is 0 Å². The number of para-hydroxylation sites is 1. The Labute approximate surface area is 254 Å². The number of carbonyl (C=O) groups is 2. The van der Waals surface area contributed by atoms with Crippen LogP contribution in [0.25, 0.3) is 22.3 Å². The van der Waals surface area contributed by atoms with Crippen LogP contribution in [0.15, 0.2) is 99.4 Å². The lowest BCUT2D eigenvalue weighted by atomic mass is 9.95. The van der Waals surface area contributed by atoms with E-state index < -0.39 is 18.0 Å². The van der Waals surface area contributed by atoms with Crippen molar-refractivity contribution in [1.29, 1.82) is 0 Å². The van der Waals surface area contributed by atoms with Crippen LogP contribution in [-0.2, 0) is 14.3 Å². The summed E-state index contributed by atoms with van der Waals surface area (Å²) in [5.41, 5.74) is 3.84. The number of allylic oxidation sites excluding steroid dienone is 1. The quantitative estimate of drug-likeness (QED) is 0.252. The fraction of sp³-hybridized carbons (Fsp3) is 0.156. The summed E-state index contributed by atoms with van der Waals surface area (Å²) in [5.74, 6) is -1.03. The van der Waals surface area contributed by atoms with E-state index in [1.807, 2.05) is 60.1 Å². The summed E-state index contributed by atoms with van der Waals surface area (Å²) in [6.07, 6.45) is 3.73. The average molecular weight is 611 g/mol. The maximum atomic E-state index is 14.1. The molecule has 2 aromatic carbocycles. The zero-order chi connectivity index (χ0) is 30.1. The third kappa shape index (κ3) is 5.28. The molecule has 1 aliphatic rings. The number of carbonyl (C=O) groups excluding carboxylic acids is 2. The Bertz CT molecular complexity index is 2040. The number of thiazole rings is 1. The van der Waals surface area contributed by atoms with Gasteiger partial charge in [-0.1, -0.05) is 47.7 Å². The molecular weight excluding hydrogens is 585 g/mol. The van der Waals surface area contributed by atoms with Crippen LogP contribution in [0.2, 0.25) is 0 Å². The van der Waals surface area contributed by atoms with E-state index in [-0.39, 0.29) is 17.7 Å². The van der Waals surface area contributed by atoms with Gasteiger partial charge in [0.05, 0.1) is 51.7 Å². The number of thiophene rings is 1. The summed E-state index contributed by atoms with van der Waals surface area (Å²) in [6, 6.07) is 19.6. The number of methoxy groups -OCH3 is 1. The van der Waals surface area contributed by atoms with Crippen LogP contribution in [0.4, 0.5) is 0 Å². The van der Waals surface area contributed by atoms with Crippen LogP contribution >= 0.6 is 22.7 Å². The van der Waals surface area contributed by atoms with Gasteiger partial charge in [0, 0.05) is 11.8 Å². The van der Waals surface area contributed by atoms with Crippen LogP contribution < -0.4 is 14.9 Å². The second-order valence-electron chi connectivity index (χ2n) is 9.61. The predicted octanol–water partition coefficient (Wildman–Crippen LogP) is 4.50. The van der Waals surface area contributed by atoms with Crippen molar-refractivity contribution in [1.82, 2.24) is 14.3 Å². The molecule has 11 heteroatoms.